The van der Waals surface area contributed by atoms with Crippen molar-refractivity contribution in [2.45, 2.75) is 38.7 Å². The molecular formula is C10H18O5. The van der Waals surface area contributed by atoms with Gasteiger partial charge < -0.3 is 14.6 Å². The molecule has 0 aliphatic carbocycles. The molecule has 0 aromatic rings. The summed E-state index contributed by atoms with van der Waals surface area (Å²) in [5.74, 6) is -1.90. The third kappa shape index (κ3) is 3.51. The molecule has 0 aromatic carbocycles. The molecule has 0 fully saturated rings. The molecule has 5 heteroatoms. The SMILES string of the molecule is CCCCC(O)(C(=O)OC)C(=O)OCC. The Hall–Kier alpha value is -1.10. The molecule has 0 saturated carbocycles. The zero-order chi connectivity index (χ0) is 11.9. The Morgan fingerprint density at radius 1 is 1.27 bits per heavy atom. The summed E-state index contributed by atoms with van der Waals surface area (Å²) in [6.45, 7) is 3.61. The number of methoxy groups -OCH3 is 1. The van der Waals surface area contributed by atoms with Crippen molar-refractivity contribution >= 4 is 11.9 Å². The molecule has 0 aromatic heterocycles. The number of carbonyl (C=O) groups excluding carboxylic acids is 2. The number of unbranched alkanes of at least 4 members (excludes halogenated alkanes) is 1. The number of rotatable bonds is 6. The highest BCUT2D eigenvalue weighted by Crippen LogP contribution is 2.18. The normalized spacial score (nSPS) is 14.1. The van der Waals surface area contributed by atoms with Crippen LogP contribution in [0.4, 0.5) is 0 Å². The third-order valence-electron chi connectivity index (χ3n) is 2.03. The number of carbonyl (C=O) groups is 2. The van der Waals surface area contributed by atoms with E-state index in [9.17, 15) is 14.7 Å². The minimum absolute atomic E-state index is 0.0228. The summed E-state index contributed by atoms with van der Waals surface area (Å²) >= 11 is 0. The molecular weight excluding hydrogens is 200 g/mol. The van der Waals surface area contributed by atoms with E-state index in [2.05, 4.69) is 9.47 Å². The number of hydrogen-bond donors (Lipinski definition) is 1. The first-order valence-electron chi connectivity index (χ1n) is 5.00. The van der Waals surface area contributed by atoms with Gasteiger partial charge in [0, 0.05) is 0 Å². The minimum Gasteiger partial charge on any atom is -0.466 e. The van der Waals surface area contributed by atoms with Gasteiger partial charge in [-0.25, -0.2) is 9.59 Å². The Bertz CT molecular complexity index is 226. The molecule has 0 spiro atoms. The Balaban J connectivity index is 4.67. The smallest absolute Gasteiger partial charge is 0.350 e. The Kier molecular flexibility index (Phi) is 5.93. The van der Waals surface area contributed by atoms with Crippen LogP contribution in [0.15, 0.2) is 0 Å². The van der Waals surface area contributed by atoms with Crippen molar-refractivity contribution < 1.29 is 24.2 Å². The van der Waals surface area contributed by atoms with Crippen LogP contribution in [-0.4, -0.2) is 36.4 Å². The van der Waals surface area contributed by atoms with Gasteiger partial charge in [-0.2, -0.15) is 0 Å². The summed E-state index contributed by atoms with van der Waals surface area (Å²) in [5.41, 5.74) is -2.15. The molecule has 0 rings (SSSR count). The van der Waals surface area contributed by atoms with Gasteiger partial charge in [-0.15, -0.1) is 0 Å². The molecule has 0 aliphatic rings. The van der Waals surface area contributed by atoms with Crippen LogP contribution in [0.3, 0.4) is 0 Å². The number of ether oxygens (including phenoxy) is 2. The van der Waals surface area contributed by atoms with Crippen LogP contribution in [0.5, 0.6) is 0 Å². The third-order valence-corrected chi connectivity index (χ3v) is 2.03. The summed E-state index contributed by atoms with van der Waals surface area (Å²) in [6.07, 6.45) is 1.33. The Labute approximate surface area is 89.4 Å². The van der Waals surface area contributed by atoms with E-state index in [4.69, 9.17) is 0 Å². The lowest BCUT2D eigenvalue weighted by Gasteiger charge is -2.22. The van der Waals surface area contributed by atoms with Gasteiger partial charge in [-0.1, -0.05) is 13.3 Å². The molecule has 1 unspecified atom stereocenters. The summed E-state index contributed by atoms with van der Waals surface area (Å²) in [7, 11) is 1.12. The highest BCUT2D eigenvalue weighted by molar-refractivity contribution is 6.03. The highest BCUT2D eigenvalue weighted by Gasteiger charge is 2.46. The molecule has 0 amide bonds. The van der Waals surface area contributed by atoms with E-state index >= 15 is 0 Å². The maximum atomic E-state index is 11.4. The van der Waals surface area contributed by atoms with E-state index in [-0.39, 0.29) is 13.0 Å². The van der Waals surface area contributed by atoms with E-state index in [1.807, 2.05) is 6.92 Å². The lowest BCUT2D eigenvalue weighted by Crippen LogP contribution is -2.48. The van der Waals surface area contributed by atoms with Crippen LogP contribution in [0.1, 0.15) is 33.1 Å². The molecule has 15 heavy (non-hydrogen) atoms. The first-order valence-corrected chi connectivity index (χ1v) is 5.00. The van der Waals surface area contributed by atoms with Gasteiger partial charge in [-0.05, 0) is 19.8 Å². The molecule has 1 N–H and O–H groups in total. The lowest BCUT2D eigenvalue weighted by atomic mass is 9.97. The zero-order valence-electron chi connectivity index (χ0n) is 9.41. The van der Waals surface area contributed by atoms with Crippen molar-refractivity contribution in [2.24, 2.45) is 0 Å². The lowest BCUT2D eigenvalue weighted by molar-refractivity contribution is -0.182. The van der Waals surface area contributed by atoms with Crippen LogP contribution >= 0.6 is 0 Å². The number of aliphatic hydroxyl groups is 1. The van der Waals surface area contributed by atoms with Crippen LogP contribution in [0, 0.1) is 0 Å². The van der Waals surface area contributed by atoms with Crippen molar-refractivity contribution in [3.63, 3.8) is 0 Å². The van der Waals surface area contributed by atoms with Gasteiger partial charge in [0.05, 0.1) is 13.7 Å². The van der Waals surface area contributed by atoms with Crippen LogP contribution in [0.2, 0.25) is 0 Å². The molecule has 0 aliphatic heterocycles. The quantitative estimate of drug-likeness (QED) is 0.523. The average Bonchev–Trinajstić information content (AvgIpc) is 2.24. The van der Waals surface area contributed by atoms with Gasteiger partial charge in [-0.3, -0.25) is 0 Å². The maximum absolute atomic E-state index is 11.4. The highest BCUT2D eigenvalue weighted by atomic mass is 16.6. The largest absolute Gasteiger partial charge is 0.466 e. The number of esters is 2. The van der Waals surface area contributed by atoms with Crippen molar-refractivity contribution in [1.29, 1.82) is 0 Å². The van der Waals surface area contributed by atoms with Gasteiger partial charge in [0.1, 0.15) is 0 Å². The summed E-state index contributed by atoms with van der Waals surface area (Å²) in [5, 5.41) is 9.86. The summed E-state index contributed by atoms with van der Waals surface area (Å²) in [6, 6.07) is 0. The van der Waals surface area contributed by atoms with Gasteiger partial charge >= 0.3 is 11.9 Å². The van der Waals surface area contributed by atoms with Crippen LogP contribution in [-0.2, 0) is 19.1 Å². The standard InChI is InChI=1S/C10H18O5/c1-4-6-7-10(13,8(11)14-3)9(12)15-5-2/h13H,4-7H2,1-3H3. The van der Waals surface area contributed by atoms with E-state index in [0.29, 0.717) is 6.42 Å². The topological polar surface area (TPSA) is 72.8 Å². The van der Waals surface area contributed by atoms with Gasteiger partial charge in [0.2, 0.25) is 0 Å². The van der Waals surface area contributed by atoms with Crippen LogP contribution in [0.25, 0.3) is 0 Å². The van der Waals surface area contributed by atoms with E-state index in [1.165, 1.54) is 0 Å². The first kappa shape index (κ1) is 13.9. The van der Waals surface area contributed by atoms with Crippen LogP contribution < -0.4 is 0 Å². The Morgan fingerprint density at radius 3 is 2.27 bits per heavy atom. The number of hydrogen-bond acceptors (Lipinski definition) is 5. The minimum atomic E-state index is -2.15. The second kappa shape index (κ2) is 6.40. The van der Waals surface area contributed by atoms with Gasteiger partial charge in [0.25, 0.3) is 5.60 Å². The van der Waals surface area contributed by atoms with E-state index < -0.39 is 17.5 Å². The molecule has 0 heterocycles. The molecule has 0 radical (unpaired) electrons. The fraction of sp³-hybridized carbons (Fsp3) is 0.800. The zero-order valence-corrected chi connectivity index (χ0v) is 9.41. The molecule has 88 valence electrons. The molecule has 5 nitrogen and oxygen atoms in total. The summed E-state index contributed by atoms with van der Waals surface area (Å²) < 4.78 is 9.03. The average molecular weight is 218 g/mol. The fourth-order valence-corrected chi connectivity index (χ4v) is 1.14. The van der Waals surface area contributed by atoms with Crippen molar-refractivity contribution in [3.05, 3.63) is 0 Å². The molecule has 0 saturated heterocycles. The fourth-order valence-electron chi connectivity index (χ4n) is 1.14. The van der Waals surface area contributed by atoms with Gasteiger partial charge in [0.15, 0.2) is 0 Å². The first-order chi connectivity index (χ1) is 7.02. The van der Waals surface area contributed by atoms with E-state index in [1.54, 1.807) is 6.92 Å². The predicted molar refractivity (Wildman–Crippen MR) is 53.1 cm³/mol. The predicted octanol–water partition coefficient (Wildman–Crippen LogP) is 0.644. The second-order valence-corrected chi connectivity index (χ2v) is 3.18. The monoisotopic (exact) mass is 218 g/mol. The summed E-state index contributed by atoms with van der Waals surface area (Å²) in [4.78, 5) is 22.7. The van der Waals surface area contributed by atoms with E-state index in [0.717, 1.165) is 13.5 Å². The molecule has 1 atom stereocenters. The Morgan fingerprint density at radius 2 is 1.87 bits per heavy atom. The van der Waals surface area contributed by atoms with Crippen molar-refractivity contribution in [1.82, 2.24) is 0 Å². The van der Waals surface area contributed by atoms with Crippen molar-refractivity contribution in [3.8, 4) is 0 Å². The molecule has 0 bridgehead atoms. The van der Waals surface area contributed by atoms with Crippen molar-refractivity contribution in [2.75, 3.05) is 13.7 Å². The second-order valence-electron chi connectivity index (χ2n) is 3.18. The maximum Gasteiger partial charge on any atom is 0.350 e.